The Balaban J connectivity index is 1.60. The lowest BCUT2D eigenvalue weighted by molar-refractivity contribution is -0.385. The number of nitro groups is 1. The Morgan fingerprint density at radius 3 is 2.61 bits per heavy atom. The zero-order chi connectivity index (χ0) is 25.3. The van der Waals surface area contributed by atoms with Crippen LogP contribution in [0, 0.1) is 10.1 Å². The highest BCUT2D eigenvalue weighted by molar-refractivity contribution is 8.44. The number of ether oxygens (including phenoxy) is 2. The number of nitro benzene ring substituents is 1. The van der Waals surface area contributed by atoms with Crippen LogP contribution in [-0.4, -0.2) is 46.9 Å². The van der Waals surface area contributed by atoms with Crippen LogP contribution in [0.4, 0.5) is 11.4 Å². The van der Waals surface area contributed by atoms with E-state index < -0.39 is 11.8 Å². The van der Waals surface area contributed by atoms with Gasteiger partial charge in [0.25, 0.3) is 5.69 Å². The summed E-state index contributed by atoms with van der Waals surface area (Å²) in [5, 5.41) is 23.7. The summed E-state index contributed by atoms with van der Waals surface area (Å²) in [6.07, 6.45) is 1.34. The standard InChI is InChI=1S/C22H19N6O4PS3/c1-26(2)33(34)25-21(20-9-6-10-35-20)36-22(27(33)16-7-4-3-5-8-16)24-23-13-15-11-18-19(32-14-31-18)12-17(15)28(29)30/h3-13H,14H2,1-2H3/b23-13+,24-22-. The number of thioether (sulfide) groups is 1. The van der Waals surface area contributed by atoms with Crippen LogP contribution in [-0.2, 0) is 12.2 Å². The molecule has 2 aliphatic heterocycles. The lowest BCUT2D eigenvalue weighted by Gasteiger charge is -2.43. The van der Waals surface area contributed by atoms with E-state index in [-0.39, 0.29) is 18.0 Å². The minimum absolute atomic E-state index is 0.0120. The summed E-state index contributed by atoms with van der Waals surface area (Å²) in [6.45, 7) is -2.68. The van der Waals surface area contributed by atoms with Crippen molar-refractivity contribution in [2.75, 3.05) is 25.6 Å². The first-order chi connectivity index (χ1) is 17.4. The molecule has 14 heteroatoms. The maximum absolute atomic E-state index is 11.6. The molecule has 0 fully saturated rings. The normalized spacial score (nSPS) is 20.4. The molecule has 1 atom stereocenters. The fourth-order valence-electron chi connectivity index (χ4n) is 3.43. The molecule has 2 aromatic carbocycles. The van der Waals surface area contributed by atoms with Gasteiger partial charge in [0.15, 0.2) is 23.5 Å². The molecule has 0 saturated carbocycles. The Kier molecular flexibility index (Phi) is 7.00. The van der Waals surface area contributed by atoms with Crippen molar-refractivity contribution in [1.29, 1.82) is 0 Å². The number of anilines is 1. The van der Waals surface area contributed by atoms with Crippen LogP contribution in [0.3, 0.4) is 0 Å². The molecular weight excluding hydrogens is 539 g/mol. The molecule has 0 aliphatic carbocycles. The van der Waals surface area contributed by atoms with E-state index in [0.29, 0.717) is 16.7 Å². The lowest BCUT2D eigenvalue weighted by Crippen LogP contribution is -2.37. The molecule has 0 radical (unpaired) electrons. The van der Waals surface area contributed by atoms with Crippen molar-refractivity contribution < 1.29 is 14.4 Å². The van der Waals surface area contributed by atoms with Gasteiger partial charge in [0.1, 0.15) is 0 Å². The molecule has 3 heterocycles. The second-order valence-corrected chi connectivity index (χ2v) is 13.4. The molecule has 0 saturated heterocycles. The first-order valence-corrected chi connectivity index (χ1v) is 14.9. The van der Waals surface area contributed by atoms with E-state index in [1.807, 2.05) is 71.3 Å². The van der Waals surface area contributed by atoms with E-state index in [0.717, 1.165) is 15.6 Å². The van der Waals surface area contributed by atoms with Crippen LogP contribution in [0.15, 0.2) is 74.9 Å². The molecule has 5 rings (SSSR count). The third-order valence-electron chi connectivity index (χ3n) is 5.16. The Morgan fingerprint density at radius 1 is 1.19 bits per heavy atom. The van der Waals surface area contributed by atoms with Gasteiger partial charge in [0, 0.05) is 14.1 Å². The molecule has 0 N–H and O–H groups in total. The highest BCUT2D eigenvalue weighted by Crippen LogP contribution is 2.68. The minimum atomic E-state index is -2.69. The number of nitrogens with zero attached hydrogens (tertiary/aromatic N) is 6. The number of para-hydroxylation sites is 1. The van der Waals surface area contributed by atoms with E-state index >= 15 is 0 Å². The summed E-state index contributed by atoms with van der Waals surface area (Å²) in [4.78, 5) is 12.1. The van der Waals surface area contributed by atoms with Gasteiger partial charge in [0.05, 0.1) is 33.3 Å². The summed E-state index contributed by atoms with van der Waals surface area (Å²) in [5.74, 6) is 0.745. The molecule has 0 spiro atoms. The van der Waals surface area contributed by atoms with E-state index in [2.05, 4.69) is 10.2 Å². The van der Waals surface area contributed by atoms with Crippen LogP contribution >= 0.6 is 30.0 Å². The van der Waals surface area contributed by atoms with Crippen LogP contribution in [0.25, 0.3) is 0 Å². The predicted octanol–water partition coefficient (Wildman–Crippen LogP) is 5.56. The average molecular weight is 559 g/mol. The molecule has 2 aliphatic rings. The maximum atomic E-state index is 11.6. The fourth-order valence-corrected chi connectivity index (χ4v) is 8.71. The van der Waals surface area contributed by atoms with Gasteiger partial charge in [-0.1, -0.05) is 29.0 Å². The Labute approximate surface area is 221 Å². The van der Waals surface area contributed by atoms with Crippen molar-refractivity contribution in [3.8, 4) is 11.5 Å². The SMILES string of the molecule is CN(C)[P+]1([S-])N=C(c2cccs2)S/C(=N\N=C\c2cc3c(cc2[N+](=O)[O-])OCO3)N1c1ccccc1. The summed E-state index contributed by atoms with van der Waals surface area (Å²) in [6, 6.07) is 16.5. The van der Waals surface area contributed by atoms with Crippen molar-refractivity contribution in [2.45, 2.75) is 0 Å². The molecule has 0 bridgehead atoms. The van der Waals surface area contributed by atoms with E-state index in [9.17, 15) is 10.1 Å². The van der Waals surface area contributed by atoms with Gasteiger partial charge in [-0.15, -0.1) is 16.4 Å². The van der Waals surface area contributed by atoms with Crippen molar-refractivity contribution in [3.05, 3.63) is 80.5 Å². The Bertz CT molecular complexity index is 1380. The number of hydrogen-bond acceptors (Lipinski definition) is 11. The number of benzene rings is 2. The third kappa shape index (κ3) is 4.72. The largest absolute Gasteiger partial charge is 0.485 e. The van der Waals surface area contributed by atoms with E-state index in [1.54, 1.807) is 11.3 Å². The molecule has 184 valence electrons. The van der Waals surface area contributed by atoms with Gasteiger partial charge < -0.3 is 21.7 Å². The summed E-state index contributed by atoms with van der Waals surface area (Å²) < 4.78 is 19.5. The highest BCUT2D eigenvalue weighted by Gasteiger charge is 2.45. The quantitative estimate of drug-likeness (QED) is 0.127. The Hall–Kier alpha value is -2.96. The second kappa shape index (κ2) is 10.2. The summed E-state index contributed by atoms with van der Waals surface area (Å²) >= 11 is 9.10. The van der Waals surface area contributed by atoms with Crippen molar-refractivity contribution in [3.63, 3.8) is 0 Å². The minimum Gasteiger partial charge on any atom is -0.485 e. The lowest BCUT2D eigenvalue weighted by atomic mass is 10.1. The smallest absolute Gasteiger partial charge is 0.282 e. The molecule has 0 amide bonds. The van der Waals surface area contributed by atoms with Crippen LogP contribution < -0.4 is 14.1 Å². The zero-order valence-electron chi connectivity index (χ0n) is 19.0. The first-order valence-electron chi connectivity index (χ1n) is 10.5. The molecule has 1 aromatic heterocycles. The number of thiophene rings is 1. The van der Waals surface area contributed by atoms with Crippen molar-refractivity contribution in [2.24, 2.45) is 15.0 Å². The average Bonchev–Trinajstić information content (AvgIpc) is 3.56. The monoisotopic (exact) mass is 558 g/mol. The third-order valence-corrected chi connectivity index (χ3v) is 11.5. The molecule has 1 unspecified atom stereocenters. The summed E-state index contributed by atoms with van der Waals surface area (Å²) in [7, 11) is 3.80. The maximum Gasteiger partial charge on any atom is 0.282 e. The van der Waals surface area contributed by atoms with E-state index in [4.69, 9.17) is 26.5 Å². The van der Waals surface area contributed by atoms with Crippen LogP contribution in [0.1, 0.15) is 10.4 Å². The van der Waals surface area contributed by atoms with Crippen LogP contribution in [0.2, 0.25) is 0 Å². The van der Waals surface area contributed by atoms with Gasteiger partial charge in [0.2, 0.25) is 12.0 Å². The number of amidine groups is 1. The number of rotatable bonds is 6. The van der Waals surface area contributed by atoms with Gasteiger partial charge in [-0.3, -0.25) is 10.1 Å². The van der Waals surface area contributed by atoms with Crippen molar-refractivity contribution >= 4 is 70.1 Å². The first kappa shape index (κ1) is 24.7. The fraction of sp³-hybridized carbons (Fsp3) is 0.136. The second-order valence-electron chi connectivity index (χ2n) is 7.64. The molecular formula is C22H19N6O4PS3. The molecule has 10 nitrogen and oxygen atoms in total. The Morgan fingerprint density at radius 2 is 1.94 bits per heavy atom. The molecule has 3 aromatic rings. The number of hydrogen-bond donors (Lipinski definition) is 0. The van der Waals surface area contributed by atoms with E-state index in [1.165, 1.54) is 30.1 Å². The van der Waals surface area contributed by atoms with Crippen LogP contribution in [0.5, 0.6) is 11.5 Å². The van der Waals surface area contributed by atoms with Gasteiger partial charge in [-0.25, -0.2) is 0 Å². The number of fused-ring (bicyclic) bond motifs is 1. The van der Waals surface area contributed by atoms with Gasteiger partial charge in [-0.05, 0) is 41.4 Å². The highest BCUT2D eigenvalue weighted by atomic mass is 32.7. The predicted molar refractivity (Wildman–Crippen MR) is 150 cm³/mol. The molecule has 36 heavy (non-hydrogen) atoms. The van der Waals surface area contributed by atoms with Crippen molar-refractivity contribution in [1.82, 2.24) is 4.67 Å². The zero-order valence-corrected chi connectivity index (χ0v) is 22.4. The topological polar surface area (TPSA) is 105 Å². The summed E-state index contributed by atoms with van der Waals surface area (Å²) in [5.41, 5.74) is 0.928. The van der Waals surface area contributed by atoms with Gasteiger partial charge >= 0.3 is 0 Å². The van der Waals surface area contributed by atoms with Gasteiger partial charge in [-0.2, -0.15) is 14.4 Å².